The van der Waals surface area contributed by atoms with E-state index in [1.54, 1.807) is 0 Å². The van der Waals surface area contributed by atoms with E-state index in [-0.39, 0.29) is 5.84 Å². The van der Waals surface area contributed by atoms with E-state index in [0.717, 1.165) is 28.1 Å². The molecule has 0 aliphatic heterocycles. The molecule has 2 aromatic carbocycles. The highest BCUT2D eigenvalue weighted by Crippen LogP contribution is 2.24. The molecule has 0 saturated carbocycles. The standard InChI is InChI=1S/C17H15N3/c18-17(19)14-8-4-7-13(11-14)16-10-9-15(20-16)12-5-2-1-3-6-12/h1-11,20H,(H3,18,19). The molecule has 4 N–H and O–H groups in total. The van der Waals surface area contributed by atoms with Crippen LogP contribution in [0, 0.1) is 5.41 Å². The lowest BCUT2D eigenvalue weighted by molar-refractivity contribution is 1.38. The van der Waals surface area contributed by atoms with Gasteiger partial charge in [0.15, 0.2) is 0 Å². The average molecular weight is 261 g/mol. The van der Waals surface area contributed by atoms with Crippen LogP contribution in [0.25, 0.3) is 22.5 Å². The number of nitrogens with two attached hydrogens (primary N) is 1. The zero-order valence-corrected chi connectivity index (χ0v) is 10.9. The zero-order valence-electron chi connectivity index (χ0n) is 10.9. The summed E-state index contributed by atoms with van der Waals surface area (Å²) in [6.07, 6.45) is 0. The van der Waals surface area contributed by atoms with Gasteiger partial charge >= 0.3 is 0 Å². The number of nitrogens with one attached hydrogen (secondary N) is 2. The second-order valence-electron chi connectivity index (χ2n) is 4.65. The van der Waals surface area contributed by atoms with Crippen molar-refractivity contribution in [3.8, 4) is 22.5 Å². The van der Waals surface area contributed by atoms with Crippen LogP contribution in [0.5, 0.6) is 0 Å². The van der Waals surface area contributed by atoms with Crippen molar-refractivity contribution >= 4 is 5.84 Å². The second kappa shape index (κ2) is 5.05. The Morgan fingerprint density at radius 2 is 1.45 bits per heavy atom. The number of benzene rings is 2. The van der Waals surface area contributed by atoms with Gasteiger partial charge in [0.05, 0.1) is 0 Å². The third kappa shape index (κ3) is 2.34. The minimum Gasteiger partial charge on any atom is -0.384 e. The fraction of sp³-hybridized carbons (Fsp3) is 0. The lowest BCUT2D eigenvalue weighted by atomic mass is 10.1. The molecule has 0 spiro atoms. The van der Waals surface area contributed by atoms with Crippen LogP contribution < -0.4 is 5.73 Å². The van der Waals surface area contributed by atoms with Crippen LogP contribution in [-0.4, -0.2) is 10.8 Å². The molecule has 0 amide bonds. The van der Waals surface area contributed by atoms with Crippen LogP contribution in [0.3, 0.4) is 0 Å². The van der Waals surface area contributed by atoms with Crippen molar-refractivity contribution in [3.63, 3.8) is 0 Å². The number of aromatic nitrogens is 1. The lowest BCUT2D eigenvalue weighted by Crippen LogP contribution is -2.10. The van der Waals surface area contributed by atoms with Crippen molar-refractivity contribution in [2.24, 2.45) is 5.73 Å². The van der Waals surface area contributed by atoms with Crippen molar-refractivity contribution in [1.82, 2.24) is 4.98 Å². The van der Waals surface area contributed by atoms with Gasteiger partial charge in [-0.3, -0.25) is 5.41 Å². The second-order valence-corrected chi connectivity index (χ2v) is 4.65. The largest absolute Gasteiger partial charge is 0.384 e. The highest BCUT2D eigenvalue weighted by molar-refractivity contribution is 5.96. The maximum Gasteiger partial charge on any atom is 0.122 e. The molecule has 0 saturated heterocycles. The summed E-state index contributed by atoms with van der Waals surface area (Å²) in [6, 6.07) is 22.0. The Morgan fingerprint density at radius 1 is 0.800 bits per heavy atom. The van der Waals surface area contributed by atoms with Crippen LogP contribution in [0.1, 0.15) is 5.56 Å². The van der Waals surface area contributed by atoms with Crippen molar-refractivity contribution in [2.45, 2.75) is 0 Å². The van der Waals surface area contributed by atoms with Crippen LogP contribution in [0.2, 0.25) is 0 Å². The molecule has 0 atom stereocenters. The van der Waals surface area contributed by atoms with Crippen molar-refractivity contribution in [3.05, 3.63) is 72.3 Å². The summed E-state index contributed by atoms with van der Waals surface area (Å²) in [5.41, 5.74) is 10.5. The Balaban J connectivity index is 1.98. The molecule has 1 heterocycles. The fourth-order valence-electron chi connectivity index (χ4n) is 2.20. The van der Waals surface area contributed by atoms with E-state index in [1.807, 2.05) is 48.5 Å². The SMILES string of the molecule is N=C(N)c1cccc(-c2ccc(-c3ccccc3)[nH]2)c1. The molecule has 3 aromatic rings. The highest BCUT2D eigenvalue weighted by atomic mass is 14.7. The number of hydrogen-bond acceptors (Lipinski definition) is 1. The molecule has 0 radical (unpaired) electrons. The first-order chi connectivity index (χ1) is 9.74. The maximum atomic E-state index is 7.50. The van der Waals surface area contributed by atoms with Gasteiger partial charge in [0.2, 0.25) is 0 Å². The van der Waals surface area contributed by atoms with E-state index in [4.69, 9.17) is 11.1 Å². The molecule has 3 nitrogen and oxygen atoms in total. The van der Waals surface area contributed by atoms with Gasteiger partial charge in [-0.15, -0.1) is 0 Å². The summed E-state index contributed by atoms with van der Waals surface area (Å²) in [4.78, 5) is 3.40. The molecule has 0 aliphatic carbocycles. The topological polar surface area (TPSA) is 65.7 Å². The van der Waals surface area contributed by atoms with Crippen molar-refractivity contribution in [1.29, 1.82) is 5.41 Å². The van der Waals surface area contributed by atoms with Gasteiger partial charge in [-0.05, 0) is 29.3 Å². The number of amidine groups is 1. The Morgan fingerprint density at radius 3 is 2.15 bits per heavy atom. The molecule has 0 unspecified atom stereocenters. The Hall–Kier alpha value is -2.81. The van der Waals surface area contributed by atoms with Crippen LogP contribution in [0.15, 0.2) is 66.7 Å². The molecule has 98 valence electrons. The summed E-state index contributed by atoms with van der Waals surface area (Å²) >= 11 is 0. The predicted molar refractivity (Wildman–Crippen MR) is 82.7 cm³/mol. The number of aromatic amines is 1. The summed E-state index contributed by atoms with van der Waals surface area (Å²) in [7, 11) is 0. The van der Waals surface area contributed by atoms with E-state index < -0.39 is 0 Å². The first-order valence-corrected chi connectivity index (χ1v) is 6.43. The van der Waals surface area contributed by atoms with Crippen LogP contribution in [-0.2, 0) is 0 Å². The summed E-state index contributed by atoms with van der Waals surface area (Å²) < 4.78 is 0. The Labute approximate surface area is 117 Å². The first kappa shape index (κ1) is 12.2. The third-order valence-electron chi connectivity index (χ3n) is 3.26. The molecule has 0 aliphatic rings. The molecule has 20 heavy (non-hydrogen) atoms. The van der Waals surface area contributed by atoms with Crippen LogP contribution >= 0.6 is 0 Å². The average Bonchev–Trinajstić information content (AvgIpc) is 2.98. The molecule has 1 aromatic heterocycles. The predicted octanol–water partition coefficient (Wildman–Crippen LogP) is 3.63. The molecular formula is C17H15N3. The number of rotatable bonds is 3. The third-order valence-corrected chi connectivity index (χ3v) is 3.26. The summed E-state index contributed by atoms with van der Waals surface area (Å²) in [6.45, 7) is 0. The number of hydrogen-bond donors (Lipinski definition) is 3. The monoisotopic (exact) mass is 261 g/mol. The highest BCUT2D eigenvalue weighted by Gasteiger charge is 2.05. The van der Waals surface area contributed by atoms with E-state index in [1.165, 1.54) is 0 Å². The summed E-state index contributed by atoms with van der Waals surface area (Å²) in [5, 5.41) is 7.50. The molecular weight excluding hydrogens is 246 g/mol. The smallest absolute Gasteiger partial charge is 0.122 e. The van der Waals surface area contributed by atoms with Gasteiger partial charge < -0.3 is 10.7 Å². The molecule has 0 fully saturated rings. The zero-order chi connectivity index (χ0) is 13.9. The Kier molecular flexibility index (Phi) is 3.09. The van der Waals surface area contributed by atoms with Gasteiger partial charge in [-0.2, -0.15) is 0 Å². The first-order valence-electron chi connectivity index (χ1n) is 6.43. The van der Waals surface area contributed by atoms with Crippen molar-refractivity contribution < 1.29 is 0 Å². The van der Waals surface area contributed by atoms with E-state index >= 15 is 0 Å². The van der Waals surface area contributed by atoms with Gasteiger partial charge in [0.25, 0.3) is 0 Å². The van der Waals surface area contributed by atoms with Gasteiger partial charge in [0, 0.05) is 17.0 Å². The minimum absolute atomic E-state index is 0.0849. The van der Waals surface area contributed by atoms with E-state index in [0.29, 0.717) is 0 Å². The quantitative estimate of drug-likeness (QED) is 0.489. The normalized spacial score (nSPS) is 10.4. The fourth-order valence-corrected chi connectivity index (χ4v) is 2.20. The van der Waals surface area contributed by atoms with E-state index in [9.17, 15) is 0 Å². The van der Waals surface area contributed by atoms with Crippen LogP contribution in [0.4, 0.5) is 0 Å². The number of H-pyrrole nitrogens is 1. The maximum absolute atomic E-state index is 7.50. The molecule has 0 bridgehead atoms. The lowest BCUT2D eigenvalue weighted by Gasteiger charge is -2.03. The van der Waals surface area contributed by atoms with Gasteiger partial charge in [-0.1, -0.05) is 48.5 Å². The summed E-state index contributed by atoms with van der Waals surface area (Å²) in [5.74, 6) is 0.0849. The Bertz CT molecular complexity index is 742. The molecule has 3 heteroatoms. The number of nitrogen functional groups attached to an aromatic ring is 1. The van der Waals surface area contributed by atoms with Crippen molar-refractivity contribution in [2.75, 3.05) is 0 Å². The van der Waals surface area contributed by atoms with Gasteiger partial charge in [0.1, 0.15) is 5.84 Å². The van der Waals surface area contributed by atoms with Gasteiger partial charge in [-0.25, -0.2) is 0 Å². The minimum atomic E-state index is 0.0849. The molecule has 3 rings (SSSR count). The van der Waals surface area contributed by atoms with E-state index in [2.05, 4.69) is 23.2 Å².